The lowest BCUT2D eigenvalue weighted by atomic mass is 9.83. The van der Waals surface area contributed by atoms with Gasteiger partial charge in [0.2, 0.25) is 0 Å². The molecule has 10 aromatic carbocycles. The van der Waals surface area contributed by atoms with Crippen molar-refractivity contribution in [3.8, 4) is 45.3 Å². The molecule has 0 atom stereocenters. The van der Waals surface area contributed by atoms with E-state index >= 15 is 0 Å². The first kappa shape index (κ1) is 34.2. The smallest absolute Gasteiger partial charge is 0.151 e. The Hall–Kier alpha value is -7.82. The van der Waals surface area contributed by atoms with Crippen molar-refractivity contribution in [2.24, 2.45) is 0 Å². The van der Waals surface area contributed by atoms with E-state index in [1.165, 1.54) is 65.7 Å². The lowest BCUT2D eigenvalue weighted by Gasteiger charge is -2.33. The van der Waals surface area contributed by atoms with Crippen LogP contribution in [0.1, 0.15) is 11.1 Å². The first-order chi connectivity index (χ1) is 29.6. The monoisotopic (exact) mass is 770 g/mol. The number of ether oxygens (including phenoxy) is 2. The zero-order valence-corrected chi connectivity index (χ0v) is 33.2. The third-order valence-electron chi connectivity index (χ3n) is 12.3. The molecule has 10 aromatic rings. The number of hydrogen-bond donors (Lipinski definition) is 0. The van der Waals surface area contributed by atoms with Crippen molar-refractivity contribution >= 4 is 66.4 Å². The van der Waals surface area contributed by atoms with Crippen LogP contribution in [0.3, 0.4) is 0 Å². The second kappa shape index (κ2) is 13.4. The number of anilines is 6. The Labute approximate surface area is 348 Å². The average molecular weight is 771 g/mol. The zero-order valence-electron chi connectivity index (χ0n) is 33.2. The van der Waals surface area contributed by atoms with Gasteiger partial charge in [-0.2, -0.15) is 0 Å². The van der Waals surface area contributed by atoms with Crippen LogP contribution in [0, 0.1) is 13.8 Å². The van der Waals surface area contributed by atoms with Crippen LogP contribution in [-0.2, 0) is 0 Å². The van der Waals surface area contributed by atoms with E-state index in [4.69, 9.17) is 9.47 Å². The van der Waals surface area contributed by atoms with Gasteiger partial charge in [0, 0.05) is 11.4 Å². The van der Waals surface area contributed by atoms with Crippen LogP contribution in [0.2, 0.25) is 0 Å². The summed E-state index contributed by atoms with van der Waals surface area (Å²) in [5.41, 5.74) is 13.5. The van der Waals surface area contributed by atoms with Gasteiger partial charge in [-0.15, -0.1) is 0 Å². The Bertz CT molecular complexity index is 3290. The third-order valence-corrected chi connectivity index (χ3v) is 12.3. The molecule has 4 nitrogen and oxygen atoms in total. The number of aryl methyl sites for hydroxylation is 2. The van der Waals surface area contributed by atoms with Crippen molar-refractivity contribution in [2.75, 3.05) is 9.80 Å². The van der Waals surface area contributed by atoms with E-state index in [0.717, 1.165) is 57.1 Å². The molecular formula is C56H38N2O2. The number of rotatable bonds is 4. The fourth-order valence-corrected chi connectivity index (χ4v) is 9.39. The lowest BCUT2D eigenvalue weighted by Crippen LogP contribution is -2.16. The highest BCUT2D eigenvalue weighted by atomic mass is 16.5. The molecule has 0 unspecified atom stereocenters. The fourth-order valence-electron chi connectivity index (χ4n) is 9.39. The molecule has 0 saturated heterocycles. The summed E-state index contributed by atoms with van der Waals surface area (Å²) in [4.78, 5) is 4.69. The predicted octanol–water partition coefficient (Wildman–Crippen LogP) is 16.2. The molecule has 0 aromatic heterocycles. The Morgan fingerprint density at radius 3 is 1.35 bits per heavy atom. The lowest BCUT2D eigenvalue weighted by molar-refractivity contribution is 0.477. The summed E-state index contributed by atoms with van der Waals surface area (Å²) in [6.07, 6.45) is 0. The van der Waals surface area contributed by atoms with E-state index in [1.807, 2.05) is 24.3 Å². The minimum Gasteiger partial charge on any atom is -0.453 e. The first-order valence-electron chi connectivity index (χ1n) is 20.5. The summed E-state index contributed by atoms with van der Waals surface area (Å²) in [5.74, 6) is 3.33. The van der Waals surface area contributed by atoms with Crippen molar-refractivity contribution < 1.29 is 9.47 Å². The number of benzene rings is 10. The molecule has 12 rings (SSSR count). The van der Waals surface area contributed by atoms with E-state index in [9.17, 15) is 0 Å². The van der Waals surface area contributed by atoms with Crippen molar-refractivity contribution in [1.29, 1.82) is 0 Å². The fraction of sp³-hybridized carbons (Fsp3) is 0.0357. The molecule has 0 N–H and O–H groups in total. The van der Waals surface area contributed by atoms with Gasteiger partial charge in [0.1, 0.15) is 0 Å². The summed E-state index contributed by atoms with van der Waals surface area (Å²) in [7, 11) is 0. The van der Waals surface area contributed by atoms with Crippen molar-refractivity contribution in [3.05, 3.63) is 205 Å². The Morgan fingerprint density at radius 2 is 0.800 bits per heavy atom. The van der Waals surface area contributed by atoms with Gasteiger partial charge in [-0.1, -0.05) is 121 Å². The van der Waals surface area contributed by atoms with Gasteiger partial charge in [-0.25, -0.2) is 0 Å². The SMILES string of the molecule is Cc1ccc(-c2c3cc(N4c5ccccc5Oc5ccccc54)ccc3c(-c3cccc4ccccc34)c3cc(N4c5ccccc5Oc5ccccc54)ccc23)cc1C. The van der Waals surface area contributed by atoms with Gasteiger partial charge in [-0.3, -0.25) is 0 Å². The second-order valence-corrected chi connectivity index (χ2v) is 15.8. The molecule has 2 heterocycles. The second-order valence-electron chi connectivity index (χ2n) is 15.8. The van der Waals surface area contributed by atoms with Crippen LogP contribution in [-0.4, -0.2) is 0 Å². The van der Waals surface area contributed by atoms with Crippen LogP contribution in [0.5, 0.6) is 23.0 Å². The van der Waals surface area contributed by atoms with Gasteiger partial charge in [0.25, 0.3) is 0 Å². The molecule has 0 spiro atoms. The highest BCUT2D eigenvalue weighted by Crippen LogP contribution is 2.55. The van der Waals surface area contributed by atoms with Crippen LogP contribution in [0.25, 0.3) is 54.6 Å². The molecule has 2 aliphatic rings. The number of nitrogens with zero attached hydrogens (tertiary/aromatic N) is 2. The summed E-state index contributed by atoms with van der Waals surface area (Å²) in [6, 6.07) is 69.7. The Balaban J connectivity index is 1.21. The molecule has 4 heteroatoms. The van der Waals surface area contributed by atoms with Crippen LogP contribution in [0.15, 0.2) is 194 Å². The molecule has 60 heavy (non-hydrogen) atoms. The van der Waals surface area contributed by atoms with E-state index in [2.05, 4.69) is 194 Å². The maximum Gasteiger partial charge on any atom is 0.151 e. The van der Waals surface area contributed by atoms with Gasteiger partial charge >= 0.3 is 0 Å². The maximum atomic E-state index is 6.46. The van der Waals surface area contributed by atoms with Gasteiger partial charge in [0.15, 0.2) is 23.0 Å². The molecule has 0 fully saturated rings. The van der Waals surface area contributed by atoms with E-state index in [1.54, 1.807) is 0 Å². The molecular weight excluding hydrogens is 733 g/mol. The van der Waals surface area contributed by atoms with Crippen LogP contribution >= 0.6 is 0 Å². The van der Waals surface area contributed by atoms with Crippen molar-refractivity contribution in [1.82, 2.24) is 0 Å². The summed E-state index contributed by atoms with van der Waals surface area (Å²) in [5, 5.41) is 7.16. The molecule has 0 amide bonds. The van der Waals surface area contributed by atoms with Gasteiger partial charge in [-0.05, 0) is 152 Å². The normalized spacial score (nSPS) is 12.7. The van der Waals surface area contributed by atoms with Gasteiger partial charge < -0.3 is 19.3 Å². The first-order valence-corrected chi connectivity index (χ1v) is 20.5. The molecule has 0 bridgehead atoms. The van der Waals surface area contributed by atoms with E-state index in [0.29, 0.717) is 0 Å². The van der Waals surface area contributed by atoms with E-state index < -0.39 is 0 Å². The van der Waals surface area contributed by atoms with Gasteiger partial charge in [0.05, 0.1) is 22.7 Å². The minimum absolute atomic E-state index is 0.832. The zero-order chi connectivity index (χ0) is 39.9. The summed E-state index contributed by atoms with van der Waals surface area (Å²) >= 11 is 0. The van der Waals surface area contributed by atoms with Crippen molar-refractivity contribution in [2.45, 2.75) is 13.8 Å². The van der Waals surface area contributed by atoms with Crippen LogP contribution in [0.4, 0.5) is 34.1 Å². The molecule has 2 aliphatic heterocycles. The predicted molar refractivity (Wildman–Crippen MR) is 249 cm³/mol. The van der Waals surface area contributed by atoms with Crippen LogP contribution < -0.4 is 19.3 Å². The largest absolute Gasteiger partial charge is 0.453 e. The van der Waals surface area contributed by atoms with E-state index in [-0.39, 0.29) is 0 Å². The third kappa shape index (κ3) is 5.24. The number of hydrogen-bond acceptors (Lipinski definition) is 4. The number of fused-ring (bicyclic) bond motifs is 7. The topological polar surface area (TPSA) is 24.9 Å². The molecule has 0 aliphatic carbocycles. The molecule has 0 radical (unpaired) electrons. The average Bonchev–Trinajstić information content (AvgIpc) is 3.29. The van der Waals surface area contributed by atoms with Crippen molar-refractivity contribution in [3.63, 3.8) is 0 Å². The standard InChI is InChI=1S/C56H38N2O2/c1-35-26-27-38(32-36(35)2)55-43-30-28-40(58-49-20-7-11-24-53(49)60-54-25-12-8-21-50(54)58)34-46(43)56(42-17-13-15-37-14-3-4-16-41(37)42)44-31-29-39(33-45(44)55)57-47-18-5-9-22-51(47)59-52-23-10-6-19-48(52)57/h3-34H,1-2H3. The summed E-state index contributed by atoms with van der Waals surface area (Å²) < 4.78 is 12.9. The molecule has 284 valence electrons. The maximum absolute atomic E-state index is 6.46. The molecule has 0 saturated carbocycles. The number of para-hydroxylation sites is 8. The highest BCUT2D eigenvalue weighted by molar-refractivity contribution is 6.24. The minimum atomic E-state index is 0.832. The quantitative estimate of drug-likeness (QED) is 0.166. The Morgan fingerprint density at radius 1 is 0.333 bits per heavy atom. The highest BCUT2D eigenvalue weighted by Gasteiger charge is 2.29. The Kier molecular flexibility index (Phi) is 7.63. The summed E-state index contributed by atoms with van der Waals surface area (Å²) in [6.45, 7) is 4.40.